The SMILES string of the molecule is Cc1ccc(C(C)N2CCC(CO)C2)s1. The summed E-state index contributed by atoms with van der Waals surface area (Å²) in [6.07, 6.45) is 1.14. The van der Waals surface area contributed by atoms with Crippen molar-refractivity contribution >= 4 is 11.3 Å². The van der Waals surface area contributed by atoms with Crippen molar-refractivity contribution in [3.63, 3.8) is 0 Å². The van der Waals surface area contributed by atoms with E-state index >= 15 is 0 Å². The van der Waals surface area contributed by atoms with Crippen LogP contribution in [-0.4, -0.2) is 29.7 Å². The molecule has 0 radical (unpaired) electrons. The Labute approximate surface area is 95.5 Å². The minimum absolute atomic E-state index is 0.340. The summed E-state index contributed by atoms with van der Waals surface area (Å²) in [6, 6.07) is 4.94. The van der Waals surface area contributed by atoms with Crippen LogP contribution in [0.25, 0.3) is 0 Å². The molecule has 3 heteroatoms. The van der Waals surface area contributed by atoms with E-state index in [9.17, 15) is 0 Å². The Morgan fingerprint density at radius 1 is 1.60 bits per heavy atom. The lowest BCUT2D eigenvalue weighted by Gasteiger charge is -2.23. The van der Waals surface area contributed by atoms with Crippen molar-refractivity contribution in [1.29, 1.82) is 0 Å². The van der Waals surface area contributed by atoms with Gasteiger partial charge in [-0.05, 0) is 44.9 Å². The van der Waals surface area contributed by atoms with Crippen molar-refractivity contribution in [3.05, 3.63) is 21.9 Å². The van der Waals surface area contributed by atoms with E-state index in [2.05, 4.69) is 30.9 Å². The van der Waals surface area contributed by atoms with Crippen molar-refractivity contribution in [2.45, 2.75) is 26.3 Å². The molecule has 2 nitrogen and oxygen atoms in total. The van der Waals surface area contributed by atoms with E-state index < -0.39 is 0 Å². The Balaban J connectivity index is 2.00. The second kappa shape index (κ2) is 4.64. The van der Waals surface area contributed by atoms with Crippen molar-refractivity contribution < 1.29 is 5.11 Å². The van der Waals surface area contributed by atoms with Crippen LogP contribution in [0.5, 0.6) is 0 Å². The third-order valence-corrected chi connectivity index (χ3v) is 4.47. The van der Waals surface area contributed by atoms with Crippen LogP contribution in [0.4, 0.5) is 0 Å². The highest BCUT2D eigenvalue weighted by Gasteiger charge is 2.26. The molecule has 0 aromatic carbocycles. The first-order valence-corrected chi connectivity index (χ1v) is 6.43. The lowest BCUT2D eigenvalue weighted by Crippen LogP contribution is -2.24. The predicted molar refractivity (Wildman–Crippen MR) is 64.2 cm³/mol. The van der Waals surface area contributed by atoms with Crippen molar-refractivity contribution in [2.24, 2.45) is 5.92 Å². The number of hydrogen-bond acceptors (Lipinski definition) is 3. The molecule has 1 aromatic heterocycles. The van der Waals surface area contributed by atoms with E-state index in [4.69, 9.17) is 5.11 Å². The molecule has 15 heavy (non-hydrogen) atoms. The number of hydrogen-bond donors (Lipinski definition) is 1. The summed E-state index contributed by atoms with van der Waals surface area (Å²) in [5, 5.41) is 9.12. The number of thiophene rings is 1. The van der Waals surface area contributed by atoms with Crippen molar-refractivity contribution in [3.8, 4) is 0 Å². The Hall–Kier alpha value is -0.380. The third-order valence-electron chi connectivity index (χ3n) is 3.30. The Kier molecular flexibility index (Phi) is 3.44. The number of aliphatic hydroxyl groups is 1. The number of aryl methyl sites for hydroxylation is 1. The number of nitrogens with zero attached hydrogens (tertiary/aromatic N) is 1. The maximum absolute atomic E-state index is 9.12. The maximum atomic E-state index is 9.12. The predicted octanol–water partition coefficient (Wildman–Crippen LogP) is 2.43. The highest BCUT2D eigenvalue weighted by Crippen LogP contribution is 2.31. The van der Waals surface area contributed by atoms with E-state index in [0.29, 0.717) is 18.6 Å². The molecule has 2 atom stereocenters. The van der Waals surface area contributed by atoms with Gasteiger partial charge in [0.15, 0.2) is 0 Å². The molecule has 1 N–H and O–H groups in total. The average Bonchev–Trinajstić information content (AvgIpc) is 2.84. The van der Waals surface area contributed by atoms with Crippen LogP contribution in [0.3, 0.4) is 0 Å². The number of rotatable bonds is 3. The maximum Gasteiger partial charge on any atom is 0.0471 e. The number of aliphatic hydroxyl groups excluding tert-OH is 1. The molecule has 0 saturated carbocycles. The fourth-order valence-electron chi connectivity index (χ4n) is 2.22. The largest absolute Gasteiger partial charge is 0.396 e. The van der Waals surface area contributed by atoms with Gasteiger partial charge >= 0.3 is 0 Å². The molecule has 2 heterocycles. The molecule has 2 rings (SSSR count). The van der Waals surface area contributed by atoms with Crippen LogP contribution in [0.15, 0.2) is 12.1 Å². The summed E-state index contributed by atoms with van der Waals surface area (Å²) in [7, 11) is 0. The Morgan fingerprint density at radius 3 is 2.93 bits per heavy atom. The zero-order valence-corrected chi connectivity index (χ0v) is 10.3. The van der Waals surface area contributed by atoms with E-state index in [1.54, 1.807) is 0 Å². The fourth-order valence-corrected chi connectivity index (χ4v) is 3.18. The highest BCUT2D eigenvalue weighted by molar-refractivity contribution is 7.12. The zero-order chi connectivity index (χ0) is 10.8. The first kappa shape index (κ1) is 11.1. The van der Waals surface area contributed by atoms with Crippen molar-refractivity contribution in [2.75, 3.05) is 19.7 Å². The van der Waals surface area contributed by atoms with E-state index in [1.165, 1.54) is 9.75 Å². The van der Waals surface area contributed by atoms with E-state index in [0.717, 1.165) is 19.5 Å². The van der Waals surface area contributed by atoms with Gasteiger partial charge in [0.1, 0.15) is 0 Å². The lowest BCUT2D eigenvalue weighted by molar-refractivity contribution is 0.206. The van der Waals surface area contributed by atoms with Gasteiger partial charge in [-0.1, -0.05) is 0 Å². The molecule has 0 bridgehead atoms. The minimum atomic E-state index is 0.340. The fraction of sp³-hybridized carbons (Fsp3) is 0.667. The van der Waals surface area contributed by atoms with Crippen LogP contribution in [0.2, 0.25) is 0 Å². The molecule has 0 spiro atoms. The van der Waals surface area contributed by atoms with Crippen LogP contribution >= 0.6 is 11.3 Å². The van der Waals surface area contributed by atoms with Gasteiger partial charge in [0.2, 0.25) is 0 Å². The summed E-state index contributed by atoms with van der Waals surface area (Å²) in [4.78, 5) is 5.31. The molecule has 84 valence electrons. The first-order valence-electron chi connectivity index (χ1n) is 5.62. The topological polar surface area (TPSA) is 23.5 Å². The Bertz CT molecular complexity index is 323. The molecule has 1 fully saturated rings. The van der Waals surface area contributed by atoms with E-state index in [1.807, 2.05) is 11.3 Å². The molecule has 0 aliphatic carbocycles. The van der Waals surface area contributed by atoms with Gasteiger partial charge < -0.3 is 5.11 Å². The van der Waals surface area contributed by atoms with Gasteiger partial charge in [0, 0.05) is 28.9 Å². The lowest BCUT2D eigenvalue weighted by atomic mass is 10.1. The molecule has 2 unspecified atom stereocenters. The van der Waals surface area contributed by atoms with Gasteiger partial charge in [0.05, 0.1) is 0 Å². The molecule has 1 saturated heterocycles. The van der Waals surface area contributed by atoms with Crippen LogP contribution in [0, 0.1) is 12.8 Å². The summed E-state index contributed by atoms with van der Waals surface area (Å²) in [5.74, 6) is 0.494. The van der Waals surface area contributed by atoms with Gasteiger partial charge in [-0.25, -0.2) is 0 Å². The molecule has 1 aromatic rings. The monoisotopic (exact) mass is 225 g/mol. The quantitative estimate of drug-likeness (QED) is 0.854. The normalized spacial score (nSPS) is 24.6. The summed E-state index contributed by atoms with van der Waals surface area (Å²) in [5.41, 5.74) is 0. The van der Waals surface area contributed by atoms with Gasteiger partial charge in [-0.15, -0.1) is 11.3 Å². The molecular weight excluding hydrogens is 206 g/mol. The molecule has 0 amide bonds. The smallest absolute Gasteiger partial charge is 0.0471 e. The number of likely N-dealkylation sites (tertiary alicyclic amines) is 1. The first-order chi connectivity index (χ1) is 7.20. The van der Waals surface area contributed by atoms with Crippen molar-refractivity contribution in [1.82, 2.24) is 4.90 Å². The Morgan fingerprint density at radius 2 is 2.40 bits per heavy atom. The summed E-state index contributed by atoms with van der Waals surface area (Å²) in [6.45, 7) is 6.94. The van der Waals surface area contributed by atoms with Crippen LogP contribution < -0.4 is 0 Å². The molecular formula is C12H19NOS. The second-order valence-corrected chi connectivity index (χ2v) is 5.78. The third kappa shape index (κ3) is 2.41. The zero-order valence-electron chi connectivity index (χ0n) is 9.44. The minimum Gasteiger partial charge on any atom is -0.396 e. The molecule has 1 aliphatic heterocycles. The van der Waals surface area contributed by atoms with Gasteiger partial charge in [-0.2, -0.15) is 0 Å². The van der Waals surface area contributed by atoms with E-state index in [-0.39, 0.29) is 0 Å². The van der Waals surface area contributed by atoms with Crippen LogP contribution in [0.1, 0.15) is 29.1 Å². The van der Waals surface area contributed by atoms with Gasteiger partial charge in [0.25, 0.3) is 0 Å². The average molecular weight is 225 g/mol. The van der Waals surface area contributed by atoms with Crippen LogP contribution in [-0.2, 0) is 0 Å². The highest BCUT2D eigenvalue weighted by atomic mass is 32.1. The summed E-state index contributed by atoms with van der Waals surface area (Å²) >= 11 is 1.89. The summed E-state index contributed by atoms with van der Waals surface area (Å²) < 4.78 is 0. The molecule has 1 aliphatic rings. The van der Waals surface area contributed by atoms with Gasteiger partial charge in [-0.3, -0.25) is 4.90 Å². The standard InChI is InChI=1S/C12H19NOS/c1-9-3-4-12(15-9)10(2)13-6-5-11(7-13)8-14/h3-4,10-11,14H,5-8H2,1-2H3. The second-order valence-electron chi connectivity index (χ2n) is 4.46.